The quantitative estimate of drug-likeness (QED) is 0.632. The zero-order valence-corrected chi connectivity index (χ0v) is 16.4. The van der Waals surface area contributed by atoms with Crippen molar-refractivity contribution in [3.8, 4) is 22.9 Å². The van der Waals surface area contributed by atoms with E-state index < -0.39 is 0 Å². The Balaban J connectivity index is 2.00. The second kappa shape index (κ2) is 8.04. The van der Waals surface area contributed by atoms with Crippen molar-refractivity contribution in [3.63, 3.8) is 0 Å². The van der Waals surface area contributed by atoms with Gasteiger partial charge in [-0.3, -0.25) is 4.79 Å². The van der Waals surface area contributed by atoms with E-state index in [9.17, 15) is 4.79 Å². The number of hydrogen-bond acceptors (Lipinski definition) is 6. The molecule has 0 atom stereocenters. The molecule has 2 N–H and O–H groups in total. The van der Waals surface area contributed by atoms with Gasteiger partial charge in [-0.05, 0) is 36.2 Å². The summed E-state index contributed by atoms with van der Waals surface area (Å²) >= 11 is 0. The number of nitrogens with zero attached hydrogens (tertiary/aromatic N) is 2. The SMILES string of the molecule is CCc1ccc(-n2ncc(C(=O)c3cc(OC)c(OC)c(OC)c3)c2N)cc1. The van der Waals surface area contributed by atoms with Crippen molar-refractivity contribution < 1.29 is 19.0 Å². The standard InChI is InChI=1S/C21H23N3O4/c1-5-13-6-8-15(9-7-13)24-21(22)16(12-23-24)19(25)14-10-17(26-2)20(28-4)18(11-14)27-3/h6-12H,5,22H2,1-4H3. The van der Waals surface area contributed by atoms with Gasteiger partial charge in [0, 0.05) is 5.56 Å². The molecular formula is C21H23N3O4. The Labute approximate surface area is 163 Å². The van der Waals surface area contributed by atoms with Crippen LogP contribution in [0.15, 0.2) is 42.6 Å². The molecule has 0 aliphatic rings. The highest BCUT2D eigenvalue weighted by molar-refractivity contribution is 6.12. The van der Waals surface area contributed by atoms with Gasteiger partial charge in [-0.1, -0.05) is 19.1 Å². The lowest BCUT2D eigenvalue weighted by atomic mass is 10.0. The number of methoxy groups -OCH3 is 3. The predicted molar refractivity (Wildman–Crippen MR) is 107 cm³/mol. The first-order chi connectivity index (χ1) is 13.5. The average Bonchev–Trinajstić information content (AvgIpc) is 3.13. The Morgan fingerprint density at radius 2 is 1.64 bits per heavy atom. The first kappa shape index (κ1) is 19.3. The molecule has 0 radical (unpaired) electrons. The number of rotatable bonds is 7. The van der Waals surface area contributed by atoms with Crippen LogP contribution < -0.4 is 19.9 Å². The summed E-state index contributed by atoms with van der Waals surface area (Å²) in [5.41, 5.74) is 8.90. The van der Waals surface area contributed by atoms with Crippen molar-refractivity contribution in [2.45, 2.75) is 13.3 Å². The van der Waals surface area contributed by atoms with Crippen LogP contribution in [0.3, 0.4) is 0 Å². The van der Waals surface area contributed by atoms with E-state index in [0.29, 0.717) is 28.4 Å². The predicted octanol–water partition coefficient (Wildman–Crippen LogP) is 3.27. The summed E-state index contributed by atoms with van der Waals surface area (Å²) in [5, 5.41) is 4.29. The number of carbonyl (C=O) groups is 1. The molecule has 0 amide bonds. The van der Waals surface area contributed by atoms with E-state index in [1.54, 1.807) is 16.8 Å². The molecular weight excluding hydrogens is 358 g/mol. The lowest BCUT2D eigenvalue weighted by molar-refractivity contribution is 0.103. The molecule has 2 aromatic carbocycles. The van der Waals surface area contributed by atoms with Crippen molar-refractivity contribution in [3.05, 3.63) is 59.3 Å². The van der Waals surface area contributed by atoms with Gasteiger partial charge in [0.1, 0.15) is 5.82 Å². The van der Waals surface area contributed by atoms with Crippen LogP contribution in [-0.4, -0.2) is 36.9 Å². The van der Waals surface area contributed by atoms with Crippen molar-refractivity contribution in [1.29, 1.82) is 0 Å². The highest BCUT2D eigenvalue weighted by atomic mass is 16.5. The molecule has 0 saturated heterocycles. The molecule has 28 heavy (non-hydrogen) atoms. The summed E-state index contributed by atoms with van der Waals surface area (Å²) < 4.78 is 17.5. The number of carbonyl (C=O) groups excluding carboxylic acids is 1. The summed E-state index contributed by atoms with van der Waals surface area (Å²) in [6.07, 6.45) is 2.41. The maximum atomic E-state index is 13.1. The summed E-state index contributed by atoms with van der Waals surface area (Å²) in [6.45, 7) is 2.09. The largest absolute Gasteiger partial charge is 0.493 e. The second-order valence-electron chi connectivity index (χ2n) is 6.12. The van der Waals surface area contributed by atoms with E-state index in [2.05, 4.69) is 12.0 Å². The van der Waals surface area contributed by atoms with Gasteiger partial charge < -0.3 is 19.9 Å². The van der Waals surface area contributed by atoms with Crippen LogP contribution in [0.2, 0.25) is 0 Å². The molecule has 3 aromatic rings. The van der Waals surface area contributed by atoms with E-state index in [0.717, 1.165) is 12.1 Å². The molecule has 0 unspecified atom stereocenters. The second-order valence-corrected chi connectivity index (χ2v) is 6.12. The van der Waals surface area contributed by atoms with Crippen LogP contribution in [0.25, 0.3) is 5.69 Å². The van der Waals surface area contributed by atoms with Crippen LogP contribution >= 0.6 is 0 Å². The molecule has 1 aromatic heterocycles. The monoisotopic (exact) mass is 381 g/mol. The van der Waals surface area contributed by atoms with Crippen LogP contribution in [0.1, 0.15) is 28.4 Å². The molecule has 0 aliphatic carbocycles. The summed E-state index contributed by atoms with van der Waals surface area (Å²) in [5.74, 6) is 1.19. The van der Waals surface area contributed by atoms with Gasteiger partial charge >= 0.3 is 0 Å². The topological polar surface area (TPSA) is 88.6 Å². The average molecular weight is 381 g/mol. The van der Waals surface area contributed by atoms with E-state index in [4.69, 9.17) is 19.9 Å². The van der Waals surface area contributed by atoms with Gasteiger partial charge in [-0.15, -0.1) is 0 Å². The zero-order chi connectivity index (χ0) is 20.3. The number of anilines is 1. The van der Waals surface area contributed by atoms with Crippen molar-refractivity contribution >= 4 is 11.6 Å². The van der Waals surface area contributed by atoms with E-state index in [1.165, 1.54) is 33.1 Å². The minimum absolute atomic E-state index is 0.267. The third-order valence-corrected chi connectivity index (χ3v) is 4.57. The van der Waals surface area contributed by atoms with Crippen LogP contribution in [0.5, 0.6) is 17.2 Å². The number of aromatic nitrogens is 2. The van der Waals surface area contributed by atoms with Gasteiger partial charge in [-0.25, -0.2) is 4.68 Å². The number of aryl methyl sites for hydroxylation is 1. The third-order valence-electron chi connectivity index (χ3n) is 4.57. The Morgan fingerprint density at radius 1 is 1.04 bits per heavy atom. The van der Waals surface area contributed by atoms with Crippen LogP contribution in [0.4, 0.5) is 5.82 Å². The Hall–Kier alpha value is -3.48. The molecule has 1 heterocycles. The maximum Gasteiger partial charge on any atom is 0.203 e. The van der Waals surface area contributed by atoms with Gasteiger partial charge in [0.15, 0.2) is 17.3 Å². The van der Waals surface area contributed by atoms with Gasteiger partial charge in [0.05, 0.1) is 38.8 Å². The Morgan fingerprint density at radius 3 is 2.14 bits per heavy atom. The summed E-state index contributed by atoms with van der Waals surface area (Å²) in [4.78, 5) is 13.1. The molecule has 0 aliphatic heterocycles. The Bertz CT molecular complexity index is 968. The molecule has 146 valence electrons. The molecule has 7 nitrogen and oxygen atoms in total. The van der Waals surface area contributed by atoms with E-state index >= 15 is 0 Å². The van der Waals surface area contributed by atoms with Gasteiger partial charge in [0.2, 0.25) is 5.75 Å². The van der Waals surface area contributed by atoms with Gasteiger partial charge in [-0.2, -0.15) is 5.10 Å². The summed E-state index contributed by atoms with van der Waals surface area (Å²) in [6, 6.07) is 11.1. The van der Waals surface area contributed by atoms with Crippen molar-refractivity contribution in [2.75, 3.05) is 27.1 Å². The fourth-order valence-corrected chi connectivity index (χ4v) is 2.98. The molecule has 0 fully saturated rings. The smallest absolute Gasteiger partial charge is 0.203 e. The lowest BCUT2D eigenvalue weighted by Gasteiger charge is -2.13. The van der Waals surface area contributed by atoms with Crippen LogP contribution in [-0.2, 0) is 6.42 Å². The van der Waals surface area contributed by atoms with E-state index in [1.807, 2.05) is 24.3 Å². The number of ether oxygens (including phenoxy) is 3. The first-order valence-corrected chi connectivity index (χ1v) is 8.81. The number of hydrogen-bond donors (Lipinski definition) is 1. The van der Waals surface area contributed by atoms with Crippen molar-refractivity contribution in [1.82, 2.24) is 9.78 Å². The summed E-state index contributed by atoms with van der Waals surface area (Å²) in [7, 11) is 4.50. The number of benzene rings is 2. The first-order valence-electron chi connectivity index (χ1n) is 8.81. The molecule has 0 spiro atoms. The van der Waals surface area contributed by atoms with E-state index in [-0.39, 0.29) is 11.6 Å². The highest BCUT2D eigenvalue weighted by Gasteiger charge is 2.22. The number of nitrogens with two attached hydrogens (primary N) is 1. The zero-order valence-electron chi connectivity index (χ0n) is 16.4. The lowest BCUT2D eigenvalue weighted by Crippen LogP contribution is -2.08. The van der Waals surface area contributed by atoms with Gasteiger partial charge in [0.25, 0.3) is 0 Å². The number of nitrogen functional groups attached to an aromatic ring is 1. The van der Waals surface area contributed by atoms with Crippen molar-refractivity contribution in [2.24, 2.45) is 0 Å². The third kappa shape index (κ3) is 3.38. The minimum Gasteiger partial charge on any atom is -0.493 e. The molecule has 3 rings (SSSR count). The molecule has 7 heteroatoms. The fraction of sp³-hybridized carbons (Fsp3) is 0.238. The highest BCUT2D eigenvalue weighted by Crippen LogP contribution is 2.39. The maximum absolute atomic E-state index is 13.1. The fourth-order valence-electron chi connectivity index (χ4n) is 2.98. The minimum atomic E-state index is -0.284. The van der Waals surface area contributed by atoms with Crippen LogP contribution in [0, 0.1) is 0 Å². The molecule has 0 bridgehead atoms. The molecule has 0 saturated carbocycles. The normalized spacial score (nSPS) is 10.6. The number of ketones is 1. The Kier molecular flexibility index (Phi) is 5.54.